The first kappa shape index (κ1) is 22.6. The Hall–Kier alpha value is -2.09. The Kier molecular flexibility index (Phi) is 7.06. The summed E-state index contributed by atoms with van der Waals surface area (Å²) in [6, 6.07) is 4.11. The maximum atomic E-state index is 13.1. The van der Waals surface area contributed by atoms with E-state index >= 15 is 0 Å². The summed E-state index contributed by atoms with van der Waals surface area (Å²) in [4.78, 5) is 27.7. The van der Waals surface area contributed by atoms with Gasteiger partial charge in [0, 0.05) is 18.7 Å². The number of alkyl halides is 3. The molecule has 0 spiro atoms. The van der Waals surface area contributed by atoms with Gasteiger partial charge in [-0.05, 0) is 70.7 Å². The molecule has 2 amide bonds. The number of likely N-dealkylation sites (tertiary alicyclic amines) is 2. The van der Waals surface area contributed by atoms with E-state index in [2.05, 4.69) is 5.32 Å². The summed E-state index contributed by atoms with van der Waals surface area (Å²) < 4.78 is 39.2. The van der Waals surface area contributed by atoms with Crippen LogP contribution in [0.25, 0.3) is 0 Å². The zero-order valence-electron chi connectivity index (χ0n) is 17.6. The molecule has 1 atom stereocenters. The minimum absolute atomic E-state index is 0.00250. The van der Waals surface area contributed by atoms with Crippen molar-refractivity contribution in [3.63, 3.8) is 0 Å². The van der Waals surface area contributed by atoms with Crippen LogP contribution in [0.1, 0.15) is 47.2 Å². The molecular formula is C22H30F3N3O2. The molecule has 1 N–H and O–H groups in total. The fourth-order valence-electron chi connectivity index (χ4n) is 4.48. The summed E-state index contributed by atoms with van der Waals surface area (Å²) in [6.07, 6.45) is -2.34. The van der Waals surface area contributed by atoms with Crippen LogP contribution in [0, 0.1) is 19.8 Å². The van der Waals surface area contributed by atoms with Gasteiger partial charge in [-0.25, -0.2) is 0 Å². The van der Waals surface area contributed by atoms with E-state index in [0.29, 0.717) is 37.5 Å². The van der Waals surface area contributed by atoms with Crippen molar-refractivity contribution in [1.29, 1.82) is 0 Å². The Balaban J connectivity index is 1.42. The third-order valence-electron chi connectivity index (χ3n) is 6.05. The van der Waals surface area contributed by atoms with Crippen LogP contribution in [0.5, 0.6) is 0 Å². The quantitative estimate of drug-likeness (QED) is 0.788. The Bertz CT molecular complexity index is 753. The van der Waals surface area contributed by atoms with E-state index in [9.17, 15) is 22.8 Å². The monoisotopic (exact) mass is 425 g/mol. The molecule has 8 heteroatoms. The molecule has 0 bridgehead atoms. The molecule has 2 heterocycles. The van der Waals surface area contributed by atoms with Crippen molar-refractivity contribution in [2.24, 2.45) is 5.92 Å². The molecule has 0 radical (unpaired) electrons. The number of carbonyl (C=O) groups is 2. The molecule has 2 aliphatic heterocycles. The van der Waals surface area contributed by atoms with Gasteiger partial charge in [0.05, 0.1) is 6.54 Å². The lowest BCUT2D eigenvalue weighted by Crippen LogP contribution is -2.49. The first-order valence-electron chi connectivity index (χ1n) is 10.6. The average molecular weight is 425 g/mol. The molecule has 5 nitrogen and oxygen atoms in total. The van der Waals surface area contributed by atoms with E-state index in [-0.39, 0.29) is 25.4 Å². The number of halogens is 3. The molecule has 2 fully saturated rings. The van der Waals surface area contributed by atoms with Crippen LogP contribution in [0.4, 0.5) is 13.2 Å². The Morgan fingerprint density at radius 2 is 1.67 bits per heavy atom. The van der Waals surface area contributed by atoms with Crippen molar-refractivity contribution >= 4 is 11.8 Å². The van der Waals surface area contributed by atoms with Crippen LogP contribution in [-0.2, 0) is 4.79 Å². The Morgan fingerprint density at radius 1 is 1.03 bits per heavy atom. The second-order valence-corrected chi connectivity index (χ2v) is 8.59. The minimum atomic E-state index is -4.35. The lowest BCUT2D eigenvalue weighted by molar-refractivity contribution is -0.183. The Morgan fingerprint density at radius 3 is 2.27 bits per heavy atom. The molecule has 1 aromatic carbocycles. The fourth-order valence-corrected chi connectivity index (χ4v) is 4.48. The number of nitrogens with one attached hydrogen (secondary N) is 1. The van der Waals surface area contributed by atoms with Crippen molar-refractivity contribution < 1.29 is 22.8 Å². The third kappa shape index (κ3) is 5.74. The topological polar surface area (TPSA) is 52.7 Å². The highest BCUT2D eigenvalue weighted by Gasteiger charge is 2.47. The first-order chi connectivity index (χ1) is 14.1. The summed E-state index contributed by atoms with van der Waals surface area (Å²) in [7, 11) is 0. The second kappa shape index (κ2) is 9.37. The number of nitrogens with zero attached hydrogens (tertiary/aromatic N) is 2. The van der Waals surface area contributed by atoms with Crippen molar-refractivity contribution in [3.8, 4) is 0 Å². The fraction of sp³-hybridized carbons (Fsp3) is 0.636. The number of hydrogen-bond acceptors (Lipinski definition) is 3. The summed E-state index contributed by atoms with van der Waals surface area (Å²) in [6.45, 7) is 6.01. The highest BCUT2D eigenvalue weighted by Crippen LogP contribution is 2.32. The highest BCUT2D eigenvalue weighted by atomic mass is 19.4. The smallest absolute Gasteiger partial charge is 0.352 e. The minimum Gasteiger partial charge on any atom is -0.352 e. The lowest BCUT2D eigenvalue weighted by atomic mass is 9.96. The SMILES string of the molecule is Cc1cc(C)cc(C(=O)NCC2CCN(CC(=O)N3CCC[C@H]3C(F)(F)F)CC2)c1. The molecule has 0 aliphatic carbocycles. The molecule has 166 valence electrons. The van der Waals surface area contributed by atoms with Gasteiger partial charge in [0.25, 0.3) is 5.91 Å². The molecule has 2 aliphatic rings. The summed E-state index contributed by atoms with van der Waals surface area (Å²) in [5.74, 6) is -0.219. The molecule has 1 aromatic rings. The van der Waals surface area contributed by atoms with Crippen molar-refractivity contribution in [1.82, 2.24) is 15.1 Å². The van der Waals surface area contributed by atoms with Gasteiger partial charge in [0.15, 0.2) is 0 Å². The molecule has 3 rings (SSSR count). The van der Waals surface area contributed by atoms with E-state index in [4.69, 9.17) is 0 Å². The standard InChI is InChI=1S/C22H30F3N3O2/c1-15-10-16(2)12-18(11-15)21(30)26-13-17-5-8-27(9-6-17)14-20(29)28-7-3-4-19(28)22(23,24)25/h10-12,17,19H,3-9,13-14H2,1-2H3,(H,26,30)/t19-/m0/s1. The van der Waals surface area contributed by atoms with Gasteiger partial charge in [0.1, 0.15) is 6.04 Å². The number of carbonyl (C=O) groups excluding carboxylic acids is 2. The van der Waals surface area contributed by atoms with Gasteiger partial charge < -0.3 is 10.2 Å². The van der Waals surface area contributed by atoms with Gasteiger partial charge in [-0.3, -0.25) is 14.5 Å². The van der Waals surface area contributed by atoms with Crippen LogP contribution in [0.15, 0.2) is 18.2 Å². The highest BCUT2D eigenvalue weighted by molar-refractivity contribution is 5.94. The van der Waals surface area contributed by atoms with Crippen molar-refractivity contribution in [2.75, 3.05) is 32.7 Å². The van der Waals surface area contributed by atoms with Crippen molar-refractivity contribution in [3.05, 3.63) is 34.9 Å². The van der Waals surface area contributed by atoms with Crippen LogP contribution in [-0.4, -0.2) is 66.6 Å². The van der Waals surface area contributed by atoms with Gasteiger partial charge in [0.2, 0.25) is 5.91 Å². The predicted molar refractivity (Wildman–Crippen MR) is 108 cm³/mol. The summed E-state index contributed by atoms with van der Waals surface area (Å²) in [5, 5.41) is 2.99. The molecule has 0 saturated carbocycles. The normalized spacial score (nSPS) is 21.1. The van der Waals surface area contributed by atoms with Crippen LogP contribution in [0.3, 0.4) is 0 Å². The van der Waals surface area contributed by atoms with Crippen LogP contribution in [0.2, 0.25) is 0 Å². The maximum Gasteiger partial charge on any atom is 0.408 e. The van der Waals surface area contributed by atoms with Crippen LogP contribution < -0.4 is 5.32 Å². The van der Waals surface area contributed by atoms with Gasteiger partial charge >= 0.3 is 6.18 Å². The molecule has 30 heavy (non-hydrogen) atoms. The number of aryl methyl sites for hydroxylation is 2. The molecule has 0 unspecified atom stereocenters. The molecule has 0 aromatic heterocycles. The van der Waals surface area contributed by atoms with E-state index in [1.54, 1.807) is 0 Å². The maximum absolute atomic E-state index is 13.1. The molecule has 2 saturated heterocycles. The Labute approximate surface area is 175 Å². The summed E-state index contributed by atoms with van der Waals surface area (Å²) in [5.41, 5.74) is 2.74. The second-order valence-electron chi connectivity index (χ2n) is 8.59. The average Bonchev–Trinajstić information content (AvgIpc) is 3.17. The largest absolute Gasteiger partial charge is 0.408 e. The van der Waals surface area contributed by atoms with Gasteiger partial charge in [-0.2, -0.15) is 13.2 Å². The number of benzene rings is 1. The van der Waals surface area contributed by atoms with Gasteiger partial charge in [-0.15, -0.1) is 0 Å². The van der Waals surface area contributed by atoms with Crippen LogP contribution >= 0.6 is 0 Å². The number of piperidine rings is 1. The van der Waals surface area contributed by atoms with E-state index in [0.717, 1.165) is 28.9 Å². The van der Waals surface area contributed by atoms with Crippen molar-refractivity contribution in [2.45, 2.75) is 51.7 Å². The third-order valence-corrected chi connectivity index (χ3v) is 6.05. The summed E-state index contributed by atoms with van der Waals surface area (Å²) >= 11 is 0. The number of rotatable bonds is 5. The predicted octanol–water partition coefficient (Wildman–Crippen LogP) is 3.30. The number of hydrogen-bond donors (Lipinski definition) is 1. The van der Waals surface area contributed by atoms with E-state index < -0.39 is 18.1 Å². The van der Waals surface area contributed by atoms with Gasteiger partial charge in [-0.1, -0.05) is 17.2 Å². The number of amides is 2. The molecular weight excluding hydrogens is 395 g/mol. The van der Waals surface area contributed by atoms with E-state index in [1.165, 1.54) is 0 Å². The lowest BCUT2D eigenvalue weighted by Gasteiger charge is -2.34. The zero-order chi connectivity index (χ0) is 21.9. The zero-order valence-corrected chi connectivity index (χ0v) is 17.6. The van der Waals surface area contributed by atoms with E-state index in [1.807, 2.05) is 36.9 Å². The first-order valence-corrected chi connectivity index (χ1v) is 10.6.